The number of hydrogen-bond donors (Lipinski definition) is 0. The van der Waals surface area contributed by atoms with Crippen molar-refractivity contribution in [3.63, 3.8) is 0 Å². The molecule has 1 nitrogen and oxygen atoms in total. The SMILES string of the molecule is CC(C)CN(CC(C)C)c1ccc(CBr)c(Br)c1. The Bertz CT molecular complexity index is 365. The number of alkyl halides is 1. The highest BCUT2D eigenvalue weighted by atomic mass is 79.9. The predicted octanol–water partition coefficient (Wildman–Crippen LogP) is 5.46. The summed E-state index contributed by atoms with van der Waals surface area (Å²) < 4.78 is 1.19. The van der Waals surface area contributed by atoms with Crippen LogP contribution in [0.1, 0.15) is 33.3 Å². The van der Waals surface area contributed by atoms with E-state index in [1.807, 2.05) is 0 Å². The van der Waals surface area contributed by atoms with Gasteiger partial charge in [0.05, 0.1) is 0 Å². The van der Waals surface area contributed by atoms with Crippen molar-refractivity contribution in [1.29, 1.82) is 0 Å². The fourth-order valence-corrected chi connectivity index (χ4v) is 3.38. The van der Waals surface area contributed by atoms with Crippen molar-refractivity contribution in [3.8, 4) is 0 Å². The molecule has 0 N–H and O–H groups in total. The van der Waals surface area contributed by atoms with Gasteiger partial charge in [-0.3, -0.25) is 0 Å². The molecule has 0 radical (unpaired) electrons. The third-order valence-electron chi connectivity index (χ3n) is 2.72. The van der Waals surface area contributed by atoms with Crippen LogP contribution >= 0.6 is 31.9 Å². The van der Waals surface area contributed by atoms with Crippen LogP contribution in [-0.4, -0.2) is 13.1 Å². The molecule has 18 heavy (non-hydrogen) atoms. The summed E-state index contributed by atoms with van der Waals surface area (Å²) in [6, 6.07) is 6.66. The average Bonchev–Trinajstić information content (AvgIpc) is 2.26. The fourth-order valence-electron chi connectivity index (χ4n) is 2.01. The van der Waals surface area contributed by atoms with E-state index in [4.69, 9.17) is 0 Å². The van der Waals surface area contributed by atoms with Gasteiger partial charge in [-0.1, -0.05) is 65.6 Å². The fraction of sp³-hybridized carbons (Fsp3) is 0.600. The molecule has 3 heteroatoms. The quantitative estimate of drug-likeness (QED) is 0.595. The van der Waals surface area contributed by atoms with Crippen LogP contribution < -0.4 is 4.90 Å². The van der Waals surface area contributed by atoms with Gasteiger partial charge in [-0.05, 0) is 29.5 Å². The van der Waals surface area contributed by atoms with E-state index < -0.39 is 0 Å². The highest BCUT2D eigenvalue weighted by Gasteiger charge is 2.11. The molecule has 0 aliphatic rings. The summed E-state index contributed by atoms with van der Waals surface area (Å²) in [4.78, 5) is 2.48. The van der Waals surface area contributed by atoms with Crippen LogP contribution in [0.2, 0.25) is 0 Å². The zero-order chi connectivity index (χ0) is 13.7. The van der Waals surface area contributed by atoms with Gasteiger partial charge in [0.2, 0.25) is 0 Å². The third kappa shape index (κ3) is 4.93. The molecule has 0 atom stereocenters. The summed E-state index contributed by atoms with van der Waals surface area (Å²) in [7, 11) is 0. The minimum Gasteiger partial charge on any atom is -0.371 e. The molecule has 1 aromatic rings. The Balaban J connectivity index is 2.93. The second-order valence-electron chi connectivity index (χ2n) is 5.60. The zero-order valence-electron chi connectivity index (χ0n) is 11.7. The van der Waals surface area contributed by atoms with Crippen LogP contribution in [0, 0.1) is 11.8 Å². The molecule has 1 rings (SSSR count). The Morgan fingerprint density at radius 3 is 2.00 bits per heavy atom. The van der Waals surface area contributed by atoms with Crippen molar-refractivity contribution in [1.82, 2.24) is 0 Å². The van der Waals surface area contributed by atoms with Gasteiger partial charge in [0.1, 0.15) is 0 Å². The van der Waals surface area contributed by atoms with Gasteiger partial charge in [-0.25, -0.2) is 0 Å². The zero-order valence-corrected chi connectivity index (χ0v) is 14.9. The third-order valence-corrected chi connectivity index (χ3v) is 4.06. The molecule has 0 unspecified atom stereocenters. The first-order valence-electron chi connectivity index (χ1n) is 6.53. The van der Waals surface area contributed by atoms with Gasteiger partial charge < -0.3 is 4.90 Å². The number of hydrogen-bond acceptors (Lipinski definition) is 1. The number of benzene rings is 1. The van der Waals surface area contributed by atoms with Crippen molar-refractivity contribution >= 4 is 37.5 Å². The van der Waals surface area contributed by atoms with E-state index in [1.54, 1.807) is 0 Å². The first kappa shape index (κ1) is 16.0. The topological polar surface area (TPSA) is 3.24 Å². The highest BCUT2D eigenvalue weighted by Crippen LogP contribution is 2.26. The lowest BCUT2D eigenvalue weighted by atomic mass is 10.1. The maximum absolute atomic E-state index is 3.65. The lowest BCUT2D eigenvalue weighted by Gasteiger charge is -2.29. The normalized spacial score (nSPS) is 11.3. The van der Waals surface area contributed by atoms with Crippen LogP contribution in [0.4, 0.5) is 5.69 Å². The number of rotatable bonds is 6. The molecular formula is C15H23Br2N. The van der Waals surface area contributed by atoms with E-state index in [-0.39, 0.29) is 0 Å². The lowest BCUT2D eigenvalue weighted by Crippen LogP contribution is -2.31. The summed E-state index contributed by atoms with van der Waals surface area (Å²) in [5, 5.41) is 0.891. The summed E-state index contributed by atoms with van der Waals surface area (Å²) in [5.41, 5.74) is 2.61. The minimum atomic E-state index is 0.679. The summed E-state index contributed by atoms with van der Waals surface area (Å²) in [6.07, 6.45) is 0. The van der Waals surface area contributed by atoms with Crippen LogP contribution in [-0.2, 0) is 5.33 Å². The van der Waals surface area contributed by atoms with Crippen molar-refractivity contribution < 1.29 is 0 Å². The number of anilines is 1. The number of nitrogens with zero attached hydrogens (tertiary/aromatic N) is 1. The molecule has 102 valence electrons. The number of halogens is 2. The highest BCUT2D eigenvalue weighted by molar-refractivity contribution is 9.10. The maximum Gasteiger partial charge on any atom is 0.0377 e. The Hall–Kier alpha value is -0.0200. The molecule has 0 fully saturated rings. The van der Waals surface area contributed by atoms with Crippen LogP contribution in [0.25, 0.3) is 0 Å². The van der Waals surface area contributed by atoms with Crippen LogP contribution in [0.3, 0.4) is 0 Å². The lowest BCUT2D eigenvalue weighted by molar-refractivity contribution is 0.552. The van der Waals surface area contributed by atoms with E-state index >= 15 is 0 Å². The monoisotopic (exact) mass is 375 g/mol. The molecule has 1 aromatic carbocycles. The van der Waals surface area contributed by atoms with E-state index in [0.717, 1.165) is 18.4 Å². The van der Waals surface area contributed by atoms with E-state index in [9.17, 15) is 0 Å². The van der Waals surface area contributed by atoms with E-state index in [0.29, 0.717) is 11.8 Å². The molecular weight excluding hydrogens is 354 g/mol. The Morgan fingerprint density at radius 1 is 1.06 bits per heavy atom. The first-order chi connectivity index (χ1) is 8.43. The average molecular weight is 377 g/mol. The maximum atomic E-state index is 3.65. The predicted molar refractivity (Wildman–Crippen MR) is 88.7 cm³/mol. The smallest absolute Gasteiger partial charge is 0.0377 e. The van der Waals surface area contributed by atoms with Gasteiger partial charge in [-0.15, -0.1) is 0 Å². The van der Waals surface area contributed by atoms with Gasteiger partial charge in [0.15, 0.2) is 0 Å². The first-order valence-corrected chi connectivity index (χ1v) is 8.44. The summed E-state index contributed by atoms with van der Waals surface area (Å²) in [5.74, 6) is 1.36. The molecule has 0 saturated carbocycles. The van der Waals surface area contributed by atoms with Gasteiger partial charge in [-0.2, -0.15) is 0 Å². The minimum absolute atomic E-state index is 0.679. The van der Waals surface area contributed by atoms with Crippen molar-refractivity contribution in [3.05, 3.63) is 28.2 Å². The summed E-state index contributed by atoms with van der Waals surface area (Å²) in [6.45, 7) is 11.3. The molecule has 0 bridgehead atoms. The van der Waals surface area contributed by atoms with Crippen LogP contribution in [0.15, 0.2) is 22.7 Å². The molecule has 0 amide bonds. The summed E-state index contributed by atoms with van der Waals surface area (Å²) >= 11 is 7.16. The van der Waals surface area contributed by atoms with Gasteiger partial charge in [0.25, 0.3) is 0 Å². The van der Waals surface area contributed by atoms with E-state index in [1.165, 1.54) is 15.7 Å². The van der Waals surface area contributed by atoms with E-state index in [2.05, 4.69) is 82.7 Å². The van der Waals surface area contributed by atoms with Crippen molar-refractivity contribution in [2.24, 2.45) is 11.8 Å². The standard InChI is InChI=1S/C15H23Br2N/c1-11(2)9-18(10-12(3)4)14-6-5-13(8-16)15(17)7-14/h5-7,11-12H,8-10H2,1-4H3. The molecule has 0 aliphatic carbocycles. The molecule has 0 heterocycles. The second-order valence-corrected chi connectivity index (χ2v) is 7.02. The molecule has 0 spiro atoms. The second kappa shape index (κ2) is 7.54. The van der Waals surface area contributed by atoms with Gasteiger partial charge in [0, 0.05) is 28.6 Å². The molecule has 0 saturated heterocycles. The van der Waals surface area contributed by atoms with Gasteiger partial charge >= 0.3 is 0 Å². The molecule has 0 aliphatic heterocycles. The Kier molecular flexibility index (Phi) is 6.72. The van der Waals surface area contributed by atoms with Crippen molar-refractivity contribution in [2.45, 2.75) is 33.0 Å². The molecule has 0 aromatic heterocycles. The van der Waals surface area contributed by atoms with Crippen LogP contribution in [0.5, 0.6) is 0 Å². The largest absolute Gasteiger partial charge is 0.371 e. The van der Waals surface area contributed by atoms with Crippen molar-refractivity contribution in [2.75, 3.05) is 18.0 Å². The Labute approximate surface area is 128 Å². The Morgan fingerprint density at radius 2 is 1.61 bits per heavy atom.